The van der Waals surface area contributed by atoms with Crippen molar-refractivity contribution in [2.45, 2.75) is 17.9 Å². The van der Waals surface area contributed by atoms with Crippen molar-refractivity contribution in [2.75, 3.05) is 5.32 Å². The van der Waals surface area contributed by atoms with Crippen LogP contribution in [0.25, 0.3) is 0 Å². The average Bonchev–Trinajstić information content (AvgIpc) is 2.83. The summed E-state index contributed by atoms with van der Waals surface area (Å²) in [4.78, 5) is 12.0. The second kappa shape index (κ2) is 6.47. The van der Waals surface area contributed by atoms with Gasteiger partial charge < -0.3 is 5.32 Å². The quantitative estimate of drug-likeness (QED) is 0.858. The number of rotatable bonds is 5. The van der Waals surface area contributed by atoms with Crippen LogP contribution < -0.4 is 10.0 Å². The zero-order valence-electron chi connectivity index (χ0n) is 11.9. The molecule has 0 fully saturated rings. The lowest BCUT2D eigenvalue weighted by Gasteiger charge is -2.13. The number of nitrogens with zero attached hydrogens (tertiary/aromatic N) is 2. The van der Waals surface area contributed by atoms with E-state index in [1.807, 2.05) is 0 Å². The average molecular weight is 343 g/mol. The first-order valence-corrected chi connectivity index (χ1v) is 8.21. The fraction of sp³-hybridized carbons (Fsp3) is 0.231. The van der Waals surface area contributed by atoms with Gasteiger partial charge >= 0.3 is 0 Å². The molecule has 1 heterocycles. The Balaban J connectivity index is 2.07. The molecule has 0 radical (unpaired) electrons. The summed E-state index contributed by atoms with van der Waals surface area (Å²) in [6, 6.07) is 4.86. The first-order valence-electron chi connectivity index (χ1n) is 6.35. The summed E-state index contributed by atoms with van der Waals surface area (Å²) in [5, 5.41) is 6.78. The predicted molar refractivity (Wildman–Crippen MR) is 83.1 cm³/mol. The Labute approximate surface area is 133 Å². The van der Waals surface area contributed by atoms with Crippen LogP contribution in [0.1, 0.15) is 6.92 Å². The molecule has 0 unspecified atom stereocenters. The summed E-state index contributed by atoms with van der Waals surface area (Å²) in [6.07, 6.45) is 3.08. The summed E-state index contributed by atoms with van der Waals surface area (Å²) < 4.78 is 28.2. The SMILES string of the molecule is C[C@H](NS(=O)(=O)c1cccc(Cl)c1)C(=O)Nc1cnn(C)c1. The van der Waals surface area contributed by atoms with Crippen molar-refractivity contribution in [2.24, 2.45) is 7.05 Å². The molecule has 1 atom stereocenters. The topological polar surface area (TPSA) is 93.1 Å². The van der Waals surface area contributed by atoms with E-state index in [-0.39, 0.29) is 4.90 Å². The molecule has 2 rings (SSSR count). The molecule has 0 saturated heterocycles. The first-order chi connectivity index (χ1) is 10.3. The van der Waals surface area contributed by atoms with Crippen molar-refractivity contribution in [1.82, 2.24) is 14.5 Å². The third-order valence-corrected chi connectivity index (χ3v) is 4.58. The van der Waals surface area contributed by atoms with Gasteiger partial charge in [0.25, 0.3) is 0 Å². The molecule has 2 N–H and O–H groups in total. The highest BCUT2D eigenvalue weighted by Crippen LogP contribution is 2.15. The van der Waals surface area contributed by atoms with E-state index in [0.717, 1.165) is 0 Å². The zero-order valence-corrected chi connectivity index (χ0v) is 13.5. The second-order valence-electron chi connectivity index (χ2n) is 4.69. The number of nitrogens with one attached hydrogen (secondary N) is 2. The van der Waals surface area contributed by atoms with Crippen LogP contribution >= 0.6 is 11.6 Å². The smallest absolute Gasteiger partial charge is 0.242 e. The van der Waals surface area contributed by atoms with Crippen LogP contribution in [-0.4, -0.2) is 30.1 Å². The molecular formula is C13H15ClN4O3S. The minimum absolute atomic E-state index is 0.000952. The fourth-order valence-electron chi connectivity index (χ4n) is 1.72. The number of anilines is 1. The van der Waals surface area contributed by atoms with E-state index in [2.05, 4.69) is 15.1 Å². The number of sulfonamides is 1. The van der Waals surface area contributed by atoms with Gasteiger partial charge in [-0.3, -0.25) is 9.48 Å². The van der Waals surface area contributed by atoms with Crippen LogP contribution in [0.3, 0.4) is 0 Å². The molecule has 1 aromatic carbocycles. The maximum Gasteiger partial charge on any atom is 0.242 e. The Kier molecular flexibility index (Phi) is 4.84. The van der Waals surface area contributed by atoms with Crippen molar-refractivity contribution >= 4 is 33.2 Å². The summed E-state index contributed by atoms with van der Waals surface area (Å²) in [7, 11) is -2.12. The zero-order chi connectivity index (χ0) is 16.3. The van der Waals surface area contributed by atoms with Gasteiger partial charge in [-0.2, -0.15) is 9.82 Å². The molecule has 0 aliphatic rings. The number of hydrogen-bond donors (Lipinski definition) is 2. The Morgan fingerprint density at radius 2 is 2.14 bits per heavy atom. The lowest BCUT2D eigenvalue weighted by molar-refractivity contribution is -0.117. The molecule has 0 bridgehead atoms. The van der Waals surface area contributed by atoms with Crippen LogP contribution in [0.5, 0.6) is 0 Å². The van der Waals surface area contributed by atoms with Gasteiger partial charge in [0.15, 0.2) is 0 Å². The molecule has 9 heteroatoms. The van der Waals surface area contributed by atoms with Gasteiger partial charge in [0.05, 0.1) is 22.8 Å². The number of aryl methyl sites for hydroxylation is 1. The minimum Gasteiger partial charge on any atom is -0.322 e. The molecular weight excluding hydrogens is 328 g/mol. The molecule has 0 spiro atoms. The van der Waals surface area contributed by atoms with Gasteiger partial charge in [0.1, 0.15) is 0 Å². The van der Waals surface area contributed by atoms with Gasteiger partial charge in [0, 0.05) is 18.3 Å². The molecule has 1 amide bonds. The highest BCUT2D eigenvalue weighted by molar-refractivity contribution is 7.89. The van der Waals surface area contributed by atoms with E-state index in [4.69, 9.17) is 11.6 Å². The highest BCUT2D eigenvalue weighted by atomic mass is 35.5. The molecule has 0 aliphatic carbocycles. The van der Waals surface area contributed by atoms with Crippen LogP contribution in [-0.2, 0) is 21.9 Å². The third-order valence-electron chi connectivity index (χ3n) is 2.80. The summed E-state index contributed by atoms with van der Waals surface area (Å²) >= 11 is 5.78. The van der Waals surface area contributed by atoms with E-state index in [1.165, 1.54) is 36.0 Å². The van der Waals surface area contributed by atoms with Gasteiger partial charge in [-0.25, -0.2) is 8.42 Å². The number of carbonyl (C=O) groups excluding carboxylic acids is 1. The number of benzene rings is 1. The van der Waals surface area contributed by atoms with E-state index in [1.54, 1.807) is 19.3 Å². The van der Waals surface area contributed by atoms with Gasteiger partial charge in [0.2, 0.25) is 15.9 Å². The molecule has 7 nitrogen and oxygen atoms in total. The maximum atomic E-state index is 12.2. The predicted octanol–water partition coefficient (Wildman–Crippen LogP) is 1.38. The van der Waals surface area contributed by atoms with Crippen LogP contribution in [0.4, 0.5) is 5.69 Å². The molecule has 0 aliphatic heterocycles. The van der Waals surface area contributed by atoms with E-state index >= 15 is 0 Å². The van der Waals surface area contributed by atoms with Crippen molar-refractivity contribution in [3.63, 3.8) is 0 Å². The van der Waals surface area contributed by atoms with Gasteiger partial charge in [-0.15, -0.1) is 0 Å². The number of amides is 1. The van der Waals surface area contributed by atoms with E-state index < -0.39 is 22.0 Å². The van der Waals surface area contributed by atoms with Crippen molar-refractivity contribution in [3.05, 3.63) is 41.7 Å². The van der Waals surface area contributed by atoms with Crippen LogP contribution in [0.2, 0.25) is 5.02 Å². The molecule has 0 saturated carbocycles. The standard InChI is InChI=1S/C13H15ClN4O3S/c1-9(13(19)16-11-7-15-18(2)8-11)17-22(20,21)12-5-3-4-10(14)6-12/h3-9,17H,1-2H3,(H,16,19)/t9-/m0/s1. The first kappa shape index (κ1) is 16.5. The molecule has 118 valence electrons. The summed E-state index contributed by atoms with van der Waals surface area (Å²) in [6.45, 7) is 1.45. The summed E-state index contributed by atoms with van der Waals surface area (Å²) in [5.41, 5.74) is 0.487. The Bertz CT molecular complexity index is 788. The monoisotopic (exact) mass is 342 g/mol. The van der Waals surface area contributed by atoms with Gasteiger partial charge in [-0.1, -0.05) is 17.7 Å². The largest absolute Gasteiger partial charge is 0.322 e. The fourth-order valence-corrected chi connectivity index (χ4v) is 3.23. The molecule has 1 aromatic heterocycles. The van der Waals surface area contributed by atoms with Crippen LogP contribution in [0.15, 0.2) is 41.6 Å². The summed E-state index contributed by atoms with van der Waals surface area (Å²) in [5.74, 6) is -0.487. The van der Waals surface area contributed by atoms with Crippen molar-refractivity contribution in [3.8, 4) is 0 Å². The van der Waals surface area contributed by atoms with E-state index in [9.17, 15) is 13.2 Å². The maximum absolute atomic E-state index is 12.2. The normalized spacial score (nSPS) is 12.9. The van der Waals surface area contributed by atoms with Crippen molar-refractivity contribution < 1.29 is 13.2 Å². The van der Waals surface area contributed by atoms with Crippen LogP contribution in [0, 0.1) is 0 Å². The number of hydrogen-bond acceptors (Lipinski definition) is 4. The Morgan fingerprint density at radius 3 is 2.73 bits per heavy atom. The second-order valence-corrected chi connectivity index (χ2v) is 6.84. The van der Waals surface area contributed by atoms with Gasteiger partial charge in [-0.05, 0) is 25.1 Å². The third kappa shape index (κ3) is 4.06. The number of carbonyl (C=O) groups is 1. The Hall–Kier alpha value is -1.90. The highest BCUT2D eigenvalue weighted by Gasteiger charge is 2.22. The molecule has 22 heavy (non-hydrogen) atoms. The van der Waals surface area contributed by atoms with E-state index in [0.29, 0.717) is 10.7 Å². The lowest BCUT2D eigenvalue weighted by atomic mass is 10.3. The lowest BCUT2D eigenvalue weighted by Crippen LogP contribution is -2.41. The number of halogens is 1. The molecule has 2 aromatic rings. The Morgan fingerprint density at radius 1 is 1.41 bits per heavy atom. The van der Waals surface area contributed by atoms with Crippen molar-refractivity contribution in [1.29, 1.82) is 0 Å². The minimum atomic E-state index is -3.83. The number of aromatic nitrogens is 2.